The first-order valence-electron chi connectivity index (χ1n) is 8.34. The molecule has 27 heavy (non-hydrogen) atoms. The Morgan fingerprint density at radius 3 is 2.11 bits per heavy atom. The van der Waals surface area contributed by atoms with Crippen LogP contribution in [0.5, 0.6) is 0 Å². The van der Waals surface area contributed by atoms with Gasteiger partial charge in [0.15, 0.2) is 11.6 Å². The number of rotatable bonds is 2. The van der Waals surface area contributed by atoms with Crippen molar-refractivity contribution in [2.45, 2.75) is 59.3 Å². The van der Waals surface area contributed by atoms with Crippen molar-refractivity contribution in [3.63, 3.8) is 0 Å². The number of fused-ring (bicyclic) bond motifs is 1. The first-order chi connectivity index (χ1) is 12.3. The Balaban J connectivity index is 2.37. The van der Waals surface area contributed by atoms with Gasteiger partial charge < -0.3 is 19.7 Å². The molecule has 0 bridgehead atoms. The number of carbonyl (C=O) groups is 2. The molecule has 0 unspecified atom stereocenters. The molecule has 0 saturated heterocycles. The molecule has 0 fully saturated rings. The number of hydrogen-bond acceptors (Lipinski definition) is 7. The minimum atomic E-state index is -0.951. The Kier molecular flexibility index (Phi) is 5.35. The van der Waals surface area contributed by atoms with E-state index in [9.17, 15) is 14.0 Å². The largest absolute Gasteiger partial charge is 0.443 e. The maximum atomic E-state index is 14.7. The van der Waals surface area contributed by atoms with E-state index in [4.69, 9.17) is 19.7 Å². The number of nitrogens with zero attached hydrogens (tertiary/aromatic N) is 2. The van der Waals surface area contributed by atoms with E-state index in [2.05, 4.69) is 5.16 Å². The summed E-state index contributed by atoms with van der Waals surface area (Å²) in [5.41, 5.74) is 3.77. The number of imide groups is 1. The Hall–Kier alpha value is -2.84. The van der Waals surface area contributed by atoms with Crippen molar-refractivity contribution in [2.75, 3.05) is 5.73 Å². The SMILES string of the molecule is CC(C)(C)OC(=O)N(Cc1ccc2c(N)noc2c1F)C(=O)OC(C)(C)C. The molecule has 0 aliphatic carbocycles. The smallest absolute Gasteiger partial charge is 0.420 e. The zero-order valence-corrected chi connectivity index (χ0v) is 16.3. The summed E-state index contributed by atoms with van der Waals surface area (Å²) in [5.74, 6) is -0.722. The summed E-state index contributed by atoms with van der Waals surface area (Å²) in [7, 11) is 0. The third-order valence-corrected chi connectivity index (χ3v) is 3.24. The number of hydrogen-bond donors (Lipinski definition) is 1. The van der Waals surface area contributed by atoms with Gasteiger partial charge in [0.1, 0.15) is 11.2 Å². The zero-order chi connectivity index (χ0) is 20.6. The third-order valence-electron chi connectivity index (χ3n) is 3.24. The lowest BCUT2D eigenvalue weighted by Crippen LogP contribution is -2.43. The van der Waals surface area contributed by atoms with E-state index in [0.29, 0.717) is 10.3 Å². The standard InChI is InChI=1S/C18H24FN3O5/c1-17(2,3)25-15(23)22(16(24)26-18(4,5)6)9-10-7-8-11-13(12(10)19)27-21-14(11)20/h7-8H,9H2,1-6H3,(H2,20,21). The highest BCUT2D eigenvalue weighted by atomic mass is 19.1. The maximum Gasteiger partial charge on any atom is 0.420 e. The predicted molar refractivity (Wildman–Crippen MR) is 96.4 cm³/mol. The lowest BCUT2D eigenvalue weighted by molar-refractivity contribution is -0.000391. The van der Waals surface area contributed by atoms with Gasteiger partial charge in [0.25, 0.3) is 0 Å². The Morgan fingerprint density at radius 1 is 1.11 bits per heavy atom. The van der Waals surface area contributed by atoms with E-state index in [0.717, 1.165) is 0 Å². The monoisotopic (exact) mass is 381 g/mol. The molecule has 2 N–H and O–H groups in total. The molecule has 1 heterocycles. The van der Waals surface area contributed by atoms with Crippen molar-refractivity contribution >= 4 is 29.0 Å². The van der Waals surface area contributed by atoms with Crippen molar-refractivity contribution in [2.24, 2.45) is 0 Å². The second-order valence-electron chi connectivity index (χ2n) is 8.03. The van der Waals surface area contributed by atoms with Crippen molar-refractivity contribution in [3.05, 3.63) is 23.5 Å². The lowest BCUT2D eigenvalue weighted by Gasteiger charge is -2.28. The molecule has 1 aromatic heterocycles. The molecule has 0 radical (unpaired) electrons. The predicted octanol–water partition coefficient (Wildman–Crippen LogP) is 4.22. The molecule has 8 nitrogen and oxygen atoms in total. The van der Waals surface area contributed by atoms with Crippen LogP contribution in [0.4, 0.5) is 19.8 Å². The van der Waals surface area contributed by atoms with Gasteiger partial charge in [-0.15, -0.1) is 0 Å². The second-order valence-corrected chi connectivity index (χ2v) is 8.03. The summed E-state index contributed by atoms with van der Waals surface area (Å²) >= 11 is 0. The Bertz CT molecular complexity index is 836. The number of benzene rings is 1. The summed E-state index contributed by atoms with van der Waals surface area (Å²) in [6, 6.07) is 2.90. The van der Waals surface area contributed by atoms with Crippen LogP contribution in [0, 0.1) is 5.82 Å². The highest BCUT2D eigenvalue weighted by Crippen LogP contribution is 2.27. The average molecular weight is 381 g/mol. The first-order valence-corrected chi connectivity index (χ1v) is 8.34. The number of aromatic nitrogens is 1. The van der Waals surface area contributed by atoms with Gasteiger partial charge in [-0.2, -0.15) is 0 Å². The van der Waals surface area contributed by atoms with Crippen LogP contribution >= 0.6 is 0 Å². The normalized spacial score (nSPS) is 12.1. The van der Waals surface area contributed by atoms with E-state index >= 15 is 0 Å². The number of nitrogens with two attached hydrogens (primary N) is 1. The molecular formula is C18H24FN3O5. The maximum absolute atomic E-state index is 14.7. The molecule has 0 spiro atoms. The van der Waals surface area contributed by atoms with Gasteiger partial charge in [0.05, 0.1) is 11.9 Å². The van der Waals surface area contributed by atoms with Gasteiger partial charge in [0.2, 0.25) is 5.58 Å². The Labute approximate surface area is 156 Å². The van der Waals surface area contributed by atoms with Crippen LogP contribution in [0.3, 0.4) is 0 Å². The molecule has 0 aliphatic rings. The van der Waals surface area contributed by atoms with Gasteiger partial charge in [-0.1, -0.05) is 11.2 Å². The summed E-state index contributed by atoms with van der Waals surface area (Å²) in [5, 5.41) is 3.81. The Morgan fingerprint density at radius 2 is 1.63 bits per heavy atom. The number of amides is 2. The van der Waals surface area contributed by atoms with Crippen molar-refractivity contribution < 1.29 is 28.0 Å². The number of halogens is 1. The summed E-state index contributed by atoms with van der Waals surface area (Å²) in [6.45, 7) is 9.52. The summed E-state index contributed by atoms with van der Waals surface area (Å²) in [6.07, 6.45) is -1.90. The van der Waals surface area contributed by atoms with E-state index in [-0.39, 0.29) is 17.0 Å². The van der Waals surface area contributed by atoms with Gasteiger partial charge in [0, 0.05) is 5.56 Å². The molecule has 0 saturated carbocycles. The fraction of sp³-hybridized carbons (Fsp3) is 0.500. The summed E-state index contributed by atoms with van der Waals surface area (Å²) in [4.78, 5) is 25.7. The van der Waals surface area contributed by atoms with Gasteiger partial charge >= 0.3 is 12.2 Å². The highest BCUT2D eigenvalue weighted by Gasteiger charge is 2.32. The fourth-order valence-corrected chi connectivity index (χ4v) is 2.16. The lowest BCUT2D eigenvalue weighted by atomic mass is 10.1. The van der Waals surface area contributed by atoms with Gasteiger partial charge in [-0.05, 0) is 47.6 Å². The molecule has 1 aromatic carbocycles. The van der Waals surface area contributed by atoms with Crippen LogP contribution < -0.4 is 5.73 Å². The molecule has 148 valence electrons. The van der Waals surface area contributed by atoms with Crippen LogP contribution in [-0.2, 0) is 16.0 Å². The minimum absolute atomic E-state index is 0.0235. The first kappa shape index (κ1) is 20.5. The van der Waals surface area contributed by atoms with Crippen LogP contribution in [0.15, 0.2) is 16.7 Å². The van der Waals surface area contributed by atoms with Gasteiger partial charge in [-0.25, -0.2) is 18.9 Å². The molecule has 9 heteroatoms. The number of ether oxygens (including phenoxy) is 2. The average Bonchev–Trinajstić information content (AvgIpc) is 2.85. The fourth-order valence-electron chi connectivity index (χ4n) is 2.16. The van der Waals surface area contributed by atoms with Crippen LogP contribution in [0.25, 0.3) is 11.0 Å². The van der Waals surface area contributed by atoms with Crippen molar-refractivity contribution in [1.29, 1.82) is 0 Å². The molecule has 2 aromatic rings. The van der Waals surface area contributed by atoms with E-state index in [1.165, 1.54) is 12.1 Å². The van der Waals surface area contributed by atoms with Crippen LogP contribution in [0.1, 0.15) is 47.1 Å². The molecule has 2 amide bonds. The number of nitrogen functional groups attached to an aromatic ring is 1. The molecular weight excluding hydrogens is 357 g/mol. The second kappa shape index (κ2) is 7.05. The van der Waals surface area contributed by atoms with Crippen LogP contribution in [0.2, 0.25) is 0 Å². The van der Waals surface area contributed by atoms with E-state index in [1.807, 2.05) is 0 Å². The van der Waals surface area contributed by atoms with Crippen LogP contribution in [-0.4, -0.2) is 33.4 Å². The van der Waals surface area contributed by atoms with Crippen molar-refractivity contribution in [1.82, 2.24) is 10.1 Å². The van der Waals surface area contributed by atoms with Crippen molar-refractivity contribution in [3.8, 4) is 0 Å². The van der Waals surface area contributed by atoms with E-state index < -0.39 is 35.8 Å². The zero-order valence-electron chi connectivity index (χ0n) is 16.3. The molecule has 0 atom stereocenters. The number of anilines is 1. The number of carbonyl (C=O) groups excluding carboxylic acids is 2. The quantitative estimate of drug-likeness (QED) is 0.829. The topological polar surface area (TPSA) is 108 Å². The molecule has 0 aliphatic heterocycles. The van der Waals surface area contributed by atoms with Gasteiger partial charge in [-0.3, -0.25) is 0 Å². The minimum Gasteiger partial charge on any atom is -0.443 e. The summed E-state index contributed by atoms with van der Waals surface area (Å²) < 4.78 is 30.1. The third kappa shape index (κ3) is 5.08. The van der Waals surface area contributed by atoms with E-state index in [1.54, 1.807) is 41.5 Å². The molecule has 2 rings (SSSR count). The highest BCUT2D eigenvalue weighted by molar-refractivity contribution is 5.89.